The molecule has 0 aliphatic rings. The molecular weight excluding hydrogens is 367 g/mol. The number of alkyl halides is 1. The Morgan fingerprint density at radius 1 is 0.955 bits per heavy atom. The van der Waals surface area contributed by atoms with Gasteiger partial charge in [-0.15, -0.1) is 0 Å². The number of ether oxygens (including phenoxy) is 1. The van der Waals surface area contributed by atoms with E-state index in [-0.39, 0.29) is 0 Å². The molecule has 4 nitrogen and oxygen atoms in total. The molecule has 0 spiro atoms. The van der Waals surface area contributed by atoms with Crippen molar-refractivity contribution < 1.29 is 18.3 Å². The van der Waals surface area contributed by atoms with E-state index in [2.05, 4.69) is 15.9 Å². The molecule has 22 heavy (non-hydrogen) atoms. The van der Waals surface area contributed by atoms with E-state index in [1.165, 1.54) is 26.9 Å². The number of hydrogen-bond donors (Lipinski definition) is 0. The SMILES string of the molecule is COc1ccc(-c2ccc(CBr)cc2)cc1P(=O)(OC)OC. The molecule has 0 heterocycles. The molecular formula is C16H18BrO4P. The van der Waals surface area contributed by atoms with Crippen molar-refractivity contribution in [3.63, 3.8) is 0 Å². The first-order valence-corrected chi connectivity index (χ1v) is 9.29. The van der Waals surface area contributed by atoms with Crippen molar-refractivity contribution in [3.05, 3.63) is 48.0 Å². The molecule has 0 N–H and O–H groups in total. The quantitative estimate of drug-likeness (QED) is 0.547. The van der Waals surface area contributed by atoms with E-state index in [1.807, 2.05) is 30.3 Å². The molecule has 0 radical (unpaired) electrons. The normalized spacial score (nSPS) is 11.5. The second-order valence-electron chi connectivity index (χ2n) is 4.58. The fraction of sp³-hybridized carbons (Fsp3) is 0.250. The summed E-state index contributed by atoms with van der Waals surface area (Å²) in [6.07, 6.45) is 0. The molecule has 2 aromatic rings. The minimum Gasteiger partial charge on any atom is -0.496 e. The van der Waals surface area contributed by atoms with E-state index in [4.69, 9.17) is 13.8 Å². The Labute approximate surface area is 139 Å². The fourth-order valence-corrected chi connectivity index (χ4v) is 3.79. The van der Waals surface area contributed by atoms with Crippen molar-refractivity contribution in [3.8, 4) is 16.9 Å². The van der Waals surface area contributed by atoms with Crippen molar-refractivity contribution >= 4 is 28.8 Å². The molecule has 0 bridgehead atoms. The zero-order valence-electron chi connectivity index (χ0n) is 12.7. The molecule has 118 valence electrons. The molecule has 0 saturated heterocycles. The van der Waals surface area contributed by atoms with Gasteiger partial charge < -0.3 is 13.8 Å². The number of benzene rings is 2. The predicted octanol–water partition coefficient (Wildman–Crippen LogP) is 4.37. The van der Waals surface area contributed by atoms with Crippen LogP contribution >= 0.6 is 23.5 Å². The lowest BCUT2D eigenvalue weighted by atomic mass is 10.0. The van der Waals surface area contributed by atoms with E-state index in [1.54, 1.807) is 12.1 Å². The van der Waals surface area contributed by atoms with Crippen molar-refractivity contribution in [1.82, 2.24) is 0 Å². The standard InChI is InChI=1S/C16H18BrO4P/c1-19-15-9-8-14(10-16(15)22(18,20-2)21-3)13-6-4-12(11-17)5-7-13/h4-10H,11H2,1-3H3. The number of methoxy groups -OCH3 is 1. The Kier molecular flexibility index (Phi) is 5.81. The van der Waals surface area contributed by atoms with Crippen LogP contribution in [0.4, 0.5) is 0 Å². The molecule has 0 atom stereocenters. The van der Waals surface area contributed by atoms with Crippen molar-refractivity contribution in [1.29, 1.82) is 0 Å². The summed E-state index contributed by atoms with van der Waals surface area (Å²) < 4.78 is 28.1. The molecule has 0 aliphatic heterocycles. The van der Waals surface area contributed by atoms with Crippen LogP contribution in [-0.4, -0.2) is 21.3 Å². The third-order valence-corrected chi connectivity index (χ3v) is 5.94. The van der Waals surface area contributed by atoms with Gasteiger partial charge in [-0.1, -0.05) is 46.3 Å². The number of rotatable bonds is 6. The second-order valence-corrected chi connectivity index (χ2v) is 7.35. The van der Waals surface area contributed by atoms with E-state index in [9.17, 15) is 4.57 Å². The summed E-state index contributed by atoms with van der Waals surface area (Å²) in [5.41, 5.74) is 3.13. The summed E-state index contributed by atoms with van der Waals surface area (Å²) in [5.74, 6) is 0.480. The van der Waals surface area contributed by atoms with Gasteiger partial charge in [0.2, 0.25) is 0 Å². The van der Waals surface area contributed by atoms with Gasteiger partial charge in [0.05, 0.1) is 7.11 Å². The predicted molar refractivity (Wildman–Crippen MR) is 92.3 cm³/mol. The van der Waals surface area contributed by atoms with Gasteiger partial charge in [-0.25, -0.2) is 0 Å². The first-order valence-electron chi connectivity index (χ1n) is 6.63. The summed E-state index contributed by atoms with van der Waals surface area (Å²) in [4.78, 5) is 0. The van der Waals surface area contributed by atoms with E-state index in [0.717, 1.165) is 16.5 Å². The Bertz CT molecular complexity index is 677. The van der Waals surface area contributed by atoms with Crippen LogP contribution in [0.2, 0.25) is 0 Å². The van der Waals surface area contributed by atoms with Crippen LogP contribution in [0.25, 0.3) is 11.1 Å². The van der Waals surface area contributed by atoms with Crippen molar-refractivity contribution in [2.45, 2.75) is 5.33 Å². The molecule has 6 heteroatoms. The van der Waals surface area contributed by atoms with Crippen LogP contribution in [0.15, 0.2) is 42.5 Å². The van der Waals surface area contributed by atoms with Crippen LogP contribution < -0.4 is 10.0 Å². The van der Waals surface area contributed by atoms with E-state index < -0.39 is 7.60 Å². The van der Waals surface area contributed by atoms with Gasteiger partial charge >= 0.3 is 7.60 Å². The summed E-state index contributed by atoms with van der Waals surface area (Å²) in [5, 5.41) is 1.23. The second kappa shape index (κ2) is 7.42. The molecule has 0 saturated carbocycles. The van der Waals surface area contributed by atoms with Crippen LogP contribution in [0.1, 0.15) is 5.56 Å². The maximum atomic E-state index is 12.7. The highest BCUT2D eigenvalue weighted by Gasteiger charge is 2.29. The maximum Gasteiger partial charge on any atom is 0.364 e. The molecule has 0 unspecified atom stereocenters. The Hall–Kier alpha value is -1.13. The van der Waals surface area contributed by atoms with Gasteiger partial charge in [-0.2, -0.15) is 0 Å². The van der Waals surface area contributed by atoms with Crippen molar-refractivity contribution in [2.75, 3.05) is 21.3 Å². The molecule has 2 aromatic carbocycles. The largest absolute Gasteiger partial charge is 0.496 e. The third kappa shape index (κ3) is 3.44. The van der Waals surface area contributed by atoms with Crippen LogP contribution in [-0.2, 0) is 18.9 Å². The smallest absolute Gasteiger partial charge is 0.364 e. The molecule has 0 amide bonds. The lowest BCUT2D eigenvalue weighted by Gasteiger charge is -2.18. The van der Waals surface area contributed by atoms with E-state index >= 15 is 0 Å². The summed E-state index contributed by atoms with van der Waals surface area (Å²) >= 11 is 3.43. The maximum absolute atomic E-state index is 12.7. The minimum atomic E-state index is -3.38. The highest BCUT2D eigenvalue weighted by Crippen LogP contribution is 2.48. The summed E-state index contributed by atoms with van der Waals surface area (Å²) in [6, 6.07) is 13.6. The van der Waals surface area contributed by atoms with Crippen LogP contribution in [0.5, 0.6) is 5.75 Å². The number of halogens is 1. The zero-order chi connectivity index (χ0) is 16.2. The average Bonchev–Trinajstić information content (AvgIpc) is 2.60. The third-order valence-electron chi connectivity index (χ3n) is 3.40. The molecule has 0 fully saturated rings. The van der Waals surface area contributed by atoms with Gasteiger partial charge in [-0.05, 0) is 28.8 Å². The summed E-state index contributed by atoms with van der Waals surface area (Å²) in [7, 11) is 0.868. The van der Waals surface area contributed by atoms with Gasteiger partial charge in [0.25, 0.3) is 0 Å². The Morgan fingerprint density at radius 2 is 1.55 bits per heavy atom. The molecule has 0 aliphatic carbocycles. The van der Waals surface area contributed by atoms with Gasteiger partial charge in [-0.3, -0.25) is 4.57 Å². The monoisotopic (exact) mass is 384 g/mol. The first-order chi connectivity index (χ1) is 10.6. The van der Waals surface area contributed by atoms with Gasteiger partial charge in [0.15, 0.2) is 0 Å². The fourth-order valence-electron chi connectivity index (χ4n) is 2.14. The van der Waals surface area contributed by atoms with Crippen molar-refractivity contribution in [2.24, 2.45) is 0 Å². The van der Waals surface area contributed by atoms with Crippen LogP contribution in [0.3, 0.4) is 0 Å². The highest BCUT2D eigenvalue weighted by atomic mass is 79.9. The molecule has 2 rings (SSSR count). The lowest BCUT2D eigenvalue weighted by molar-refractivity contribution is 0.286. The Balaban J connectivity index is 2.52. The number of hydrogen-bond acceptors (Lipinski definition) is 4. The average molecular weight is 385 g/mol. The summed E-state index contributed by atoms with van der Waals surface area (Å²) in [6.45, 7) is 0. The van der Waals surface area contributed by atoms with Gasteiger partial charge in [0, 0.05) is 19.5 Å². The van der Waals surface area contributed by atoms with Crippen LogP contribution in [0, 0.1) is 0 Å². The zero-order valence-corrected chi connectivity index (χ0v) is 15.2. The Morgan fingerprint density at radius 3 is 2.05 bits per heavy atom. The highest BCUT2D eigenvalue weighted by molar-refractivity contribution is 9.08. The topological polar surface area (TPSA) is 44.8 Å². The molecule has 0 aromatic heterocycles. The van der Waals surface area contributed by atoms with E-state index in [0.29, 0.717) is 11.1 Å². The minimum absolute atomic E-state index is 0.419. The van der Waals surface area contributed by atoms with Gasteiger partial charge in [0.1, 0.15) is 11.1 Å². The lowest BCUT2D eigenvalue weighted by Crippen LogP contribution is -2.11. The first kappa shape index (κ1) is 17.2.